The highest BCUT2D eigenvalue weighted by molar-refractivity contribution is 7.16. The van der Waals surface area contributed by atoms with Crippen molar-refractivity contribution in [2.75, 3.05) is 10.6 Å². The van der Waals surface area contributed by atoms with E-state index < -0.39 is 17.8 Å². The predicted octanol–water partition coefficient (Wildman–Crippen LogP) is 4.70. The Morgan fingerprint density at radius 2 is 1.72 bits per heavy atom. The number of rotatable bonds is 6. The number of thiophene rings is 1. The maximum atomic E-state index is 13.0. The molecule has 1 aromatic heterocycles. The fraction of sp³-hybridized carbons (Fsp3) is 0.409. The van der Waals surface area contributed by atoms with Crippen LogP contribution < -0.4 is 10.6 Å². The first kappa shape index (κ1) is 21.0. The highest BCUT2D eigenvalue weighted by Crippen LogP contribution is 2.36. The molecule has 1 aliphatic rings. The molecule has 1 heterocycles. The van der Waals surface area contributed by atoms with Gasteiger partial charge in [-0.25, -0.2) is 0 Å². The fourth-order valence-electron chi connectivity index (χ4n) is 3.99. The molecule has 0 saturated heterocycles. The summed E-state index contributed by atoms with van der Waals surface area (Å²) in [5.74, 6) is -2.75. The molecule has 1 aromatic carbocycles. The van der Waals surface area contributed by atoms with E-state index in [1.807, 2.05) is 32.0 Å². The summed E-state index contributed by atoms with van der Waals surface area (Å²) >= 11 is 1.37. The minimum absolute atomic E-state index is 0.272. The second kappa shape index (κ2) is 9.22. The molecule has 0 aliphatic heterocycles. The number of para-hydroxylation sites is 1. The number of carbonyl (C=O) groups excluding carboxylic acids is 2. The van der Waals surface area contributed by atoms with Crippen LogP contribution in [-0.4, -0.2) is 22.9 Å². The molecular formula is C22H26N2O4S. The first-order valence-corrected chi connectivity index (χ1v) is 10.8. The molecule has 6 nitrogen and oxygen atoms in total. The Morgan fingerprint density at radius 1 is 1.07 bits per heavy atom. The van der Waals surface area contributed by atoms with Crippen molar-refractivity contribution in [1.29, 1.82) is 0 Å². The topological polar surface area (TPSA) is 95.5 Å². The molecule has 0 radical (unpaired) electrons. The highest BCUT2D eigenvalue weighted by Gasteiger charge is 2.36. The van der Waals surface area contributed by atoms with Crippen molar-refractivity contribution in [3.63, 3.8) is 0 Å². The number of anilines is 2. The Hall–Kier alpha value is -2.67. The number of amides is 2. The van der Waals surface area contributed by atoms with E-state index in [0.29, 0.717) is 35.5 Å². The third-order valence-electron chi connectivity index (χ3n) is 5.48. The average Bonchev–Trinajstić information content (AvgIpc) is 3.03. The molecule has 0 unspecified atom stereocenters. The van der Waals surface area contributed by atoms with E-state index >= 15 is 0 Å². The average molecular weight is 415 g/mol. The Bertz CT molecular complexity index is 907. The molecule has 2 aromatic rings. The molecule has 2 atom stereocenters. The van der Waals surface area contributed by atoms with E-state index in [2.05, 4.69) is 10.6 Å². The van der Waals surface area contributed by atoms with E-state index in [0.717, 1.165) is 23.3 Å². The molecule has 3 rings (SSSR count). The van der Waals surface area contributed by atoms with Gasteiger partial charge in [-0.3, -0.25) is 14.4 Å². The van der Waals surface area contributed by atoms with Crippen LogP contribution in [0.15, 0.2) is 30.3 Å². The van der Waals surface area contributed by atoms with Crippen LogP contribution in [0.4, 0.5) is 10.7 Å². The van der Waals surface area contributed by atoms with Crippen LogP contribution in [0, 0.1) is 18.8 Å². The summed E-state index contributed by atoms with van der Waals surface area (Å²) in [6.45, 7) is 3.90. The summed E-state index contributed by atoms with van der Waals surface area (Å²) in [7, 11) is 0. The van der Waals surface area contributed by atoms with E-state index in [-0.39, 0.29) is 11.8 Å². The Kier molecular flexibility index (Phi) is 6.69. The molecule has 1 fully saturated rings. The van der Waals surface area contributed by atoms with Gasteiger partial charge in [0.2, 0.25) is 5.91 Å². The monoisotopic (exact) mass is 414 g/mol. The maximum Gasteiger partial charge on any atom is 0.307 e. The van der Waals surface area contributed by atoms with Gasteiger partial charge in [-0.15, -0.1) is 11.3 Å². The van der Waals surface area contributed by atoms with Gasteiger partial charge in [-0.1, -0.05) is 38.0 Å². The minimum Gasteiger partial charge on any atom is -0.481 e. The lowest BCUT2D eigenvalue weighted by Gasteiger charge is -2.27. The number of carboxylic acids is 1. The Labute approximate surface area is 174 Å². The number of nitrogens with one attached hydrogen (secondary N) is 2. The van der Waals surface area contributed by atoms with Gasteiger partial charge in [-0.05, 0) is 43.9 Å². The Morgan fingerprint density at radius 3 is 2.34 bits per heavy atom. The first-order valence-electron chi connectivity index (χ1n) is 9.94. The van der Waals surface area contributed by atoms with Gasteiger partial charge in [0.15, 0.2) is 0 Å². The molecule has 29 heavy (non-hydrogen) atoms. The second-order valence-corrected chi connectivity index (χ2v) is 8.56. The standard InChI is InChI=1S/C22H26N2O4S/c1-3-15-13(2)29-21(18(15)20(26)23-14-9-5-4-6-10-14)24-19(25)16-11-7-8-12-17(16)22(27)28/h4-6,9-10,16-17H,3,7-8,11-12H2,1-2H3,(H,23,26)(H,24,25)(H,27,28)/t16-,17-/m1/s1. The highest BCUT2D eigenvalue weighted by atomic mass is 32.1. The molecule has 3 N–H and O–H groups in total. The van der Waals surface area contributed by atoms with Crippen LogP contribution in [-0.2, 0) is 16.0 Å². The quantitative estimate of drug-likeness (QED) is 0.638. The van der Waals surface area contributed by atoms with Crippen LogP contribution in [0.25, 0.3) is 0 Å². The summed E-state index contributed by atoms with van der Waals surface area (Å²) in [4.78, 5) is 38.5. The number of carboxylic acid groups (broad SMARTS) is 1. The van der Waals surface area contributed by atoms with E-state index in [4.69, 9.17) is 0 Å². The zero-order chi connectivity index (χ0) is 21.0. The van der Waals surface area contributed by atoms with Gasteiger partial charge in [0.05, 0.1) is 17.4 Å². The summed E-state index contributed by atoms with van der Waals surface area (Å²) in [6.07, 6.45) is 3.39. The summed E-state index contributed by atoms with van der Waals surface area (Å²) in [5, 5.41) is 15.7. The number of aliphatic carboxylic acids is 1. The van der Waals surface area contributed by atoms with Crippen LogP contribution in [0.2, 0.25) is 0 Å². The van der Waals surface area contributed by atoms with Gasteiger partial charge in [0, 0.05) is 10.6 Å². The lowest BCUT2D eigenvalue weighted by molar-refractivity contribution is -0.147. The smallest absolute Gasteiger partial charge is 0.307 e. The zero-order valence-corrected chi connectivity index (χ0v) is 17.5. The van der Waals surface area contributed by atoms with Crippen LogP contribution in [0.5, 0.6) is 0 Å². The molecule has 0 spiro atoms. The van der Waals surface area contributed by atoms with Crippen LogP contribution >= 0.6 is 11.3 Å². The number of hydrogen-bond acceptors (Lipinski definition) is 4. The number of hydrogen-bond donors (Lipinski definition) is 3. The van der Waals surface area contributed by atoms with E-state index in [1.165, 1.54) is 11.3 Å². The second-order valence-electron chi connectivity index (χ2n) is 7.34. The lowest BCUT2D eigenvalue weighted by atomic mass is 9.79. The van der Waals surface area contributed by atoms with Crippen molar-refractivity contribution in [3.05, 3.63) is 46.3 Å². The van der Waals surface area contributed by atoms with Crippen molar-refractivity contribution >= 4 is 39.8 Å². The molecule has 154 valence electrons. The third-order valence-corrected chi connectivity index (χ3v) is 6.54. The van der Waals surface area contributed by atoms with Crippen LogP contribution in [0.1, 0.15) is 53.4 Å². The lowest BCUT2D eigenvalue weighted by Crippen LogP contribution is -2.36. The predicted molar refractivity (Wildman–Crippen MR) is 115 cm³/mol. The zero-order valence-electron chi connectivity index (χ0n) is 16.7. The van der Waals surface area contributed by atoms with Crippen molar-refractivity contribution in [3.8, 4) is 0 Å². The molecule has 1 saturated carbocycles. The molecule has 2 amide bonds. The van der Waals surface area contributed by atoms with E-state index in [9.17, 15) is 19.5 Å². The largest absolute Gasteiger partial charge is 0.481 e. The normalized spacial score (nSPS) is 18.8. The van der Waals surface area contributed by atoms with E-state index in [1.54, 1.807) is 12.1 Å². The first-order chi connectivity index (χ1) is 13.9. The number of aryl methyl sites for hydroxylation is 1. The van der Waals surface area contributed by atoms with Gasteiger partial charge in [0.1, 0.15) is 5.00 Å². The van der Waals surface area contributed by atoms with Crippen molar-refractivity contribution in [1.82, 2.24) is 0 Å². The summed E-state index contributed by atoms with van der Waals surface area (Å²) < 4.78 is 0. The van der Waals surface area contributed by atoms with Gasteiger partial charge in [-0.2, -0.15) is 0 Å². The fourth-order valence-corrected chi connectivity index (χ4v) is 5.14. The summed E-state index contributed by atoms with van der Waals surface area (Å²) in [5.41, 5.74) is 2.05. The van der Waals surface area contributed by atoms with Gasteiger partial charge in [0.25, 0.3) is 5.91 Å². The molecule has 1 aliphatic carbocycles. The Balaban J connectivity index is 1.86. The summed E-state index contributed by atoms with van der Waals surface area (Å²) in [6, 6.07) is 9.16. The molecule has 0 bridgehead atoms. The SMILES string of the molecule is CCc1c(C)sc(NC(=O)[C@@H]2CCCC[C@H]2C(=O)O)c1C(=O)Nc1ccccc1. The molecule has 7 heteroatoms. The molecular weight excluding hydrogens is 388 g/mol. The van der Waals surface area contributed by atoms with Crippen molar-refractivity contribution in [2.45, 2.75) is 46.0 Å². The number of carbonyl (C=O) groups is 3. The number of benzene rings is 1. The maximum absolute atomic E-state index is 13.0. The minimum atomic E-state index is -0.927. The van der Waals surface area contributed by atoms with Crippen LogP contribution in [0.3, 0.4) is 0 Å². The van der Waals surface area contributed by atoms with Crippen molar-refractivity contribution in [2.24, 2.45) is 11.8 Å². The van der Waals surface area contributed by atoms with Gasteiger partial charge < -0.3 is 15.7 Å². The van der Waals surface area contributed by atoms with Gasteiger partial charge >= 0.3 is 5.97 Å². The third kappa shape index (κ3) is 4.67. The van der Waals surface area contributed by atoms with Crippen molar-refractivity contribution < 1.29 is 19.5 Å².